The van der Waals surface area contributed by atoms with E-state index in [0.717, 1.165) is 58.5 Å². The van der Waals surface area contributed by atoms with Crippen LogP contribution in [0.2, 0.25) is 0 Å². The van der Waals surface area contributed by atoms with E-state index in [1.807, 2.05) is 0 Å². The summed E-state index contributed by atoms with van der Waals surface area (Å²) in [6.07, 6.45) is 15.4. The molecule has 0 aromatic carbocycles. The third-order valence-corrected chi connectivity index (χ3v) is 13.6. The molecule has 0 heterocycles. The fourth-order valence-electron chi connectivity index (χ4n) is 10.9. The molecule has 4 unspecified atom stereocenters. The minimum Gasteiger partial charge on any atom is -0.393 e. The summed E-state index contributed by atoms with van der Waals surface area (Å²) in [4.78, 5) is 0. The SMILES string of the molecule is C[C@H](CCC(O)C(C)(C)O)[C@H]1CCC2C3C(CC[C@@]21C)[C@@]1(C)CC[C@H](NCCCNCCCCNCCCN)C[C@@H]1C[C@H]3O. The Morgan fingerprint density at radius 3 is 2.14 bits per heavy atom. The Bertz CT molecular complexity index is 853. The highest BCUT2D eigenvalue weighted by Crippen LogP contribution is 2.68. The fourth-order valence-corrected chi connectivity index (χ4v) is 10.9. The predicted molar refractivity (Wildman–Crippen MR) is 182 cm³/mol. The van der Waals surface area contributed by atoms with Gasteiger partial charge in [0, 0.05) is 6.04 Å². The number of hydrogen-bond donors (Lipinski definition) is 7. The highest BCUT2D eigenvalue weighted by atomic mass is 16.3. The van der Waals surface area contributed by atoms with Gasteiger partial charge < -0.3 is 37.0 Å². The van der Waals surface area contributed by atoms with Crippen molar-refractivity contribution in [3.8, 4) is 0 Å². The lowest BCUT2D eigenvalue weighted by atomic mass is 9.43. The number of hydrogen-bond acceptors (Lipinski definition) is 7. The largest absolute Gasteiger partial charge is 0.393 e. The van der Waals surface area contributed by atoms with Crippen LogP contribution in [0.3, 0.4) is 0 Å². The number of unbranched alkanes of at least 4 members (excludes halogenated alkanes) is 1. The molecule has 0 saturated heterocycles. The number of rotatable bonds is 18. The number of fused-ring (bicyclic) bond motifs is 5. The van der Waals surface area contributed by atoms with E-state index in [2.05, 4.69) is 36.7 Å². The van der Waals surface area contributed by atoms with E-state index < -0.39 is 11.7 Å². The van der Waals surface area contributed by atoms with Crippen molar-refractivity contribution in [3.63, 3.8) is 0 Å². The Kier molecular flexibility index (Phi) is 13.5. The molecule has 0 aliphatic heterocycles. The van der Waals surface area contributed by atoms with Gasteiger partial charge in [-0.3, -0.25) is 0 Å². The Morgan fingerprint density at radius 2 is 1.45 bits per heavy atom. The molecule has 4 aliphatic rings. The molecule has 4 rings (SSSR count). The lowest BCUT2D eigenvalue weighted by molar-refractivity contribution is -0.167. The van der Waals surface area contributed by atoms with Gasteiger partial charge in [0.25, 0.3) is 0 Å². The molecule has 258 valence electrons. The first-order valence-corrected chi connectivity index (χ1v) is 18.8. The minimum absolute atomic E-state index is 0.160. The van der Waals surface area contributed by atoms with Crippen molar-refractivity contribution in [2.75, 3.05) is 39.3 Å². The van der Waals surface area contributed by atoms with E-state index in [9.17, 15) is 15.3 Å². The van der Waals surface area contributed by atoms with Crippen LogP contribution in [0.25, 0.3) is 0 Å². The maximum absolute atomic E-state index is 11.8. The monoisotopic (exact) mass is 621 g/mol. The maximum atomic E-state index is 11.8. The van der Waals surface area contributed by atoms with Crippen LogP contribution in [0.4, 0.5) is 0 Å². The third kappa shape index (κ3) is 8.59. The smallest absolute Gasteiger partial charge is 0.0849 e. The first-order valence-electron chi connectivity index (χ1n) is 18.8. The van der Waals surface area contributed by atoms with E-state index in [1.54, 1.807) is 13.8 Å². The highest BCUT2D eigenvalue weighted by Gasteiger charge is 2.62. The summed E-state index contributed by atoms with van der Waals surface area (Å²) >= 11 is 0. The third-order valence-electron chi connectivity index (χ3n) is 13.6. The van der Waals surface area contributed by atoms with Gasteiger partial charge >= 0.3 is 0 Å². The van der Waals surface area contributed by atoms with Crippen molar-refractivity contribution in [1.82, 2.24) is 16.0 Å². The number of nitrogens with two attached hydrogens (primary N) is 1. The van der Waals surface area contributed by atoms with Gasteiger partial charge in [0.05, 0.1) is 17.8 Å². The van der Waals surface area contributed by atoms with Crippen molar-refractivity contribution in [2.45, 2.75) is 148 Å². The molecule has 7 heteroatoms. The predicted octanol–water partition coefficient (Wildman–Crippen LogP) is 4.82. The van der Waals surface area contributed by atoms with Crippen LogP contribution in [0.1, 0.15) is 125 Å². The number of nitrogens with one attached hydrogen (secondary N) is 3. The van der Waals surface area contributed by atoms with Crippen LogP contribution >= 0.6 is 0 Å². The molecule has 0 aromatic heterocycles. The van der Waals surface area contributed by atoms with Crippen LogP contribution in [-0.2, 0) is 0 Å². The standard InChI is InChI=1S/C37H72N4O3/c1-26(10-13-33(43)35(2,3)44)29-11-12-30-34-31(15-17-37(29,30)5)36(4)16-14-28(24-27(36)25-32(34)42)41-23-9-22-40-20-7-6-19-39-21-8-18-38/h26-34,39-44H,6-25,38H2,1-5H3/t26-,27-,28+,29-,30?,31?,32-,33?,34?,36+,37-/m1/s1. The summed E-state index contributed by atoms with van der Waals surface area (Å²) in [5.41, 5.74) is 5.16. The van der Waals surface area contributed by atoms with Gasteiger partial charge in [-0.25, -0.2) is 0 Å². The molecule has 4 saturated carbocycles. The van der Waals surface area contributed by atoms with Crippen molar-refractivity contribution in [1.29, 1.82) is 0 Å². The summed E-state index contributed by atoms with van der Waals surface area (Å²) in [6, 6.07) is 0.598. The Balaban J connectivity index is 1.21. The van der Waals surface area contributed by atoms with Crippen LogP contribution in [0, 0.1) is 46.3 Å². The second-order valence-corrected chi connectivity index (χ2v) is 16.9. The summed E-state index contributed by atoms with van der Waals surface area (Å²) < 4.78 is 0. The second kappa shape index (κ2) is 16.2. The molecule has 7 nitrogen and oxygen atoms in total. The maximum Gasteiger partial charge on any atom is 0.0849 e. The van der Waals surface area contributed by atoms with E-state index in [1.165, 1.54) is 64.2 Å². The van der Waals surface area contributed by atoms with Gasteiger partial charge in [0.2, 0.25) is 0 Å². The van der Waals surface area contributed by atoms with E-state index in [0.29, 0.717) is 58.8 Å². The highest BCUT2D eigenvalue weighted by molar-refractivity contribution is 5.12. The zero-order valence-electron chi connectivity index (χ0n) is 29.3. The zero-order chi connectivity index (χ0) is 32.0. The topological polar surface area (TPSA) is 123 Å². The number of aliphatic hydroxyl groups is 3. The lowest BCUT2D eigenvalue weighted by Crippen LogP contribution is -2.59. The minimum atomic E-state index is -1.04. The van der Waals surface area contributed by atoms with Gasteiger partial charge in [-0.2, -0.15) is 0 Å². The first kappa shape index (κ1) is 36.6. The molecule has 4 aliphatic carbocycles. The molecular formula is C37H72N4O3. The van der Waals surface area contributed by atoms with Crippen molar-refractivity contribution in [3.05, 3.63) is 0 Å². The van der Waals surface area contributed by atoms with Crippen molar-refractivity contribution in [2.24, 2.45) is 52.1 Å². The Labute approximate surface area is 270 Å². The molecule has 0 spiro atoms. The molecule has 8 N–H and O–H groups in total. The normalized spacial score (nSPS) is 38.5. The first-order chi connectivity index (χ1) is 20.9. The van der Waals surface area contributed by atoms with Crippen molar-refractivity contribution >= 4 is 0 Å². The molecule has 0 amide bonds. The molecule has 44 heavy (non-hydrogen) atoms. The molecular weight excluding hydrogens is 548 g/mol. The summed E-state index contributed by atoms with van der Waals surface area (Å²) in [6.45, 7) is 17.1. The van der Waals surface area contributed by atoms with Gasteiger partial charge in [-0.15, -0.1) is 0 Å². The summed E-state index contributed by atoms with van der Waals surface area (Å²) in [7, 11) is 0. The Morgan fingerprint density at radius 1 is 0.818 bits per heavy atom. The van der Waals surface area contributed by atoms with E-state index >= 15 is 0 Å². The average Bonchev–Trinajstić information content (AvgIpc) is 3.33. The van der Waals surface area contributed by atoms with E-state index in [4.69, 9.17) is 5.73 Å². The van der Waals surface area contributed by atoms with Gasteiger partial charge in [0.15, 0.2) is 0 Å². The van der Waals surface area contributed by atoms with Crippen LogP contribution in [0.15, 0.2) is 0 Å². The van der Waals surface area contributed by atoms with Crippen LogP contribution in [0.5, 0.6) is 0 Å². The van der Waals surface area contributed by atoms with Gasteiger partial charge in [0.1, 0.15) is 0 Å². The Hall–Kier alpha value is -0.280. The van der Waals surface area contributed by atoms with Gasteiger partial charge in [-0.1, -0.05) is 20.8 Å². The average molecular weight is 621 g/mol. The molecule has 11 atom stereocenters. The molecule has 0 bridgehead atoms. The van der Waals surface area contributed by atoms with Crippen molar-refractivity contribution < 1.29 is 15.3 Å². The summed E-state index contributed by atoms with van der Waals surface area (Å²) in [5, 5.41) is 43.5. The quantitative estimate of drug-likeness (QED) is 0.110. The van der Waals surface area contributed by atoms with E-state index in [-0.39, 0.29) is 6.10 Å². The van der Waals surface area contributed by atoms with Crippen LogP contribution < -0.4 is 21.7 Å². The molecule has 0 radical (unpaired) electrons. The molecule has 4 fully saturated rings. The molecule has 0 aromatic rings. The van der Waals surface area contributed by atoms with Gasteiger partial charge in [-0.05, 0) is 189 Å². The summed E-state index contributed by atoms with van der Waals surface area (Å²) in [5.74, 6) is 3.54. The lowest BCUT2D eigenvalue weighted by Gasteiger charge is -2.62. The number of aliphatic hydroxyl groups excluding tert-OH is 2. The second-order valence-electron chi connectivity index (χ2n) is 16.9. The van der Waals surface area contributed by atoms with Crippen LogP contribution in [-0.4, -0.2) is 78.4 Å². The zero-order valence-corrected chi connectivity index (χ0v) is 29.3. The fraction of sp³-hybridized carbons (Fsp3) is 1.00.